The normalized spacial score (nSPS) is 15.8. The molecule has 1 aliphatic rings. The second kappa shape index (κ2) is 5.89. The van der Waals surface area contributed by atoms with Gasteiger partial charge in [-0.1, -0.05) is 18.2 Å². The van der Waals surface area contributed by atoms with Crippen molar-refractivity contribution >= 4 is 33.2 Å². The van der Waals surface area contributed by atoms with Crippen molar-refractivity contribution in [2.24, 2.45) is 0 Å². The standard InChI is InChI=1S/C16H15BrFNOS/c1-10(12-4-2-3-5-14(12)18)19(11-6-7-11)16(20)15-13(17)8-9-21-15/h2-5,8-11H,6-7H2,1H3. The summed E-state index contributed by atoms with van der Waals surface area (Å²) >= 11 is 4.83. The topological polar surface area (TPSA) is 20.3 Å². The number of carbonyl (C=O) groups excluding carboxylic acids is 1. The smallest absolute Gasteiger partial charge is 0.265 e. The lowest BCUT2D eigenvalue weighted by Crippen LogP contribution is -2.35. The van der Waals surface area contributed by atoms with Gasteiger partial charge in [0.15, 0.2) is 0 Å². The van der Waals surface area contributed by atoms with Crippen LogP contribution in [0.1, 0.15) is 41.0 Å². The monoisotopic (exact) mass is 367 g/mol. The number of thiophene rings is 1. The molecule has 1 aliphatic carbocycles. The average Bonchev–Trinajstić information content (AvgIpc) is 3.20. The van der Waals surface area contributed by atoms with Crippen molar-refractivity contribution in [3.8, 4) is 0 Å². The molecule has 0 radical (unpaired) electrons. The van der Waals surface area contributed by atoms with Crippen LogP contribution in [0.3, 0.4) is 0 Å². The summed E-state index contributed by atoms with van der Waals surface area (Å²) in [6, 6.07) is 8.52. The van der Waals surface area contributed by atoms with Crippen molar-refractivity contribution in [1.82, 2.24) is 4.90 Å². The van der Waals surface area contributed by atoms with Crippen molar-refractivity contribution in [2.45, 2.75) is 31.8 Å². The van der Waals surface area contributed by atoms with E-state index in [0.29, 0.717) is 10.4 Å². The van der Waals surface area contributed by atoms with E-state index >= 15 is 0 Å². The average molecular weight is 368 g/mol. The van der Waals surface area contributed by atoms with Crippen LogP contribution in [-0.2, 0) is 0 Å². The van der Waals surface area contributed by atoms with Gasteiger partial charge in [-0.25, -0.2) is 4.39 Å². The maximum absolute atomic E-state index is 14.0. The number of hydrogen-bond donors (Lipinski definition) is 0. The third-order valence-corrected chi connectivity index (χ3v) is 5.58. The van der Waals surface area contributed by atoms with Gasteiger partial charge >= 0.3 is 0 Å². The molecule has 1 amide bonds. The second-order valence-electron chi connectivity index (χ2n) is 5.24. The Hall–Kier alpha value is -1.20. The molecule has 0 bridgehead atoms. The SMILES string of the molecule is CC(c1ccccc1F)N(C(=O)c1sccc1Br)C1CC1. The van der Waals surface area contributed by atoms with E-state index < -0.39 is 0 Å². The zero-order valence-electron chi connectivity index (χ0n) is 11.6. The Kier molecular flexibility index (Phi) is 4.13. The van der Waals surface area contributed by atoms with E-state index in [1.165, 1.54) is 17.4 Å². The lowest BCUT2D eigenvalue weighted by atomic mass is 10.1. The molecule has 2 nitrogen and oxygen atoms in total. The Morgan fingerprint density at radius 3 is 2.67 bits per heavy atom. The van der Waals surface area contributed by atoms with E-state index in [1.807, 2.05) is 29.3 Å². The molecule has 0 saturated heterocycles. The van der Waals surface area contributed by atoms with Crippen LogP contribution in [0.4, 0.5) is 4.39 Å². The molecule has 110 valence electrons. The Morgan fingerprint density at radius 1 is 1.38 bits per heavy atom. The van der Waals surface area contributed by atoms with E-state index in [2.05, 4.69) is 15.9 Å². The van der Waals surface area contributed by atoms with Crippen LogP contribution in [-0.4, -0.2) is 16.8 Å². The number of halogens is 2. The first-order chi connectivity index (χ1) is 10.1. The number of carbonyl (C=O) groups is 1. The van der Waals surface area contributed by atoms with Crippen LogP contribution in [0.5, 0.6) is 0 Å². The summed E-state index contributed by atoms with van der Waals surface area (Å²) < 4.78 is 14.8. The van der Waals surface area contributed by atoms with Crippen LogP contribution in [0, 0.1) is 5.82 Å². The van der Waals surface area contributed by atoms with Gasteiger partial charge in [0.1, 0.15) is 10.7 Å². The summed E-state index contributed by atoms with van der Waals surface area (Å²) in [6.07, 6.45) is 1.99. The fraction of sp³-hybridized carbons (Fsp3) is 0.312. The molecule has 1 unspecified atom stereocenters. The molecular formula is C16H15BrFNOS. The first kappa shape index (κ1) is 14.7. The summed E-state index contributed by atoms with van der Waals surface area (Å²) in [5.74, 6) is -0.274. The predicted molar refractivity (Wildman–Crippen MR) is 86.0 cm³/mol. The van der Waals surface area contributed by atoms with Crippen LogP contribution in [0.2, 0.25) is 0 Å². The highest BCUT2D eigenvalue weighted by Crippen LogP contribution is 2.38. The second-order valence-corrected chi connectivity index (χ2v) is 7.01. The predicted octanol–water partition coefficient (Wildman–Crippen LogP) is 5.02. The number of nitrogens with zero attached hydrogens (tertiary/aromatic N) is 1. The van der Waals surface area contributed by atoms with Crippen LogP contribution < -0.4 is 0 Å². The highest BCUT2D eigenvalue weighted by molar-refractivity contribution is 9.10. The summed E-state index contributed by atoms with van der Waals surface area (Å²) in [4.78, 5) is 15.3. The molecular weight excluding hydrogens is 353 g/mol. The van der Waals surface area contributed by atoms with Crippen LogP contribution >= 0.6 is 27.3 Å². The van der Waals surface area contributed by atoms with E-state index in [1.54, 1.807) is 12.1 Å². The molecule has 1 aromatic heterocycles. The van der Waals surface area contributed by atoms with Crippen molar-refractivity contribution in [1.29, 1.82) is 0 Å². The zero-order valence-corrected chi connectivity index (χ0v) is 14.0. The molecule has 0 aliphatic heterocycles. The minimum absolute atomic E-state index is 0.0184. The fourth-order valence-corrected chi connectivity index (χ4v) is 4.02. The van der Waals surface area contributed by atoms with Crippen LogP contribution in [0.25, 0.3) is 0 Å². The molecule has 21 heavy (non-hydrogen) atoms. The molecule has 2 aromatic rings. The van der Waals surface area contributed by atoms with E-state index in [9.17, 15) is 9.18 Å². The highest BCUT2D eigenvalue weighted by Gasteiger charge is 2.38. The van der Waals surface area contributed by atoms with Crippen molar-refractivity contribution in [3.05, 3.63) is 56.4 Å². The molecule has 1 saturated carbocycles. The Bertz CT molecular complexity index is 668. The lowest BCUT2D eigenvalue weighted by molar-refractivity contribution is 0.0675. The molecule has 1 fully saturated rings. The van der Waals surface area contributed by atoms with Crippen molar-refractivity contribution in [3.63, 3.8) is 0 Å². The zero-order chi connectivity index (χ0) is 15.0. The van der Waals surface area contributed by atoms with Gasteiger partial charge in [0.05, 0.1) is 6.04 Å². The highest BCUT2D eigenvalue weighted by atomic mass is 79.9. The van der Waals surface area contributed by atoms with Gasteiger partial charge in [-0.3, -0.25) is 4.79 Å². The van der Waals surface area contributed by atoms with Gasteiger partial charge in [0, 0.05) is 16.1 Å². The van der Waals surface area contributed by atoms with Crippen LogP contribution in [0.15, 0.2) is 40.2 Å². The van der Waals surface area contributed by atoms with Gasteiger partial charge in [-0.2, -0.15) is 0 Å². The van der Waals surface area contributed by atoms with Gasteiger partial charge in [-0.15, -0.1) is 11.3 Å². The van der Waals surface area contributed by atoms with Gasteiger partial charge in [-0.05, 0) is 53.2 Å². The molecule has 5 heteroatoms. The molecule has 1 atom stereocenters. The third-order valence-electron chi connectivity index (χ3n) is 3.76. The minimum Gasteiger partial charge on any atom is -0.328 e. The van der Waals surface area contributed by atoms with Crippen molar-refractivity contribution in [2.75, 3.05) is 0 Å². The number of amides is 1. The molecule has 3 rings (SSSR count). The summed E-state index contributed by atoms with van der Waals surface area (Å²) in [7, 11) is 0. The minimum atomic E-state index is -0.264. The lowest BCUT2D eigenvalue weighted by Gasteiger charge is -2.29. The molecule has 1 aromatic carbocycles. The fourth-order valence-electron chi connectivity index (χ4n) is 2.54. The first-order valence-electron chi connectivity index (χ1n) is 6.89. The summed E-state index contributed by atoms with van der Waals surface area (Å²) in [5, 5.41) is 1.89. The Morgan fingerprint density at radius 2 is 2.10 bits per heavy atom. The number of hydrogen-bond acceptors (Lipinski definition) is 2. The van der Waals surface area contributed by atoms with Gasteiger partial charge in [0.2, 0.25) is 0 Å². The van der Waals surface area contributed by atoms with E-state index in [4.69, 9.17) is 0 Å². The maximum Gasteiger partial charge on any atom is 0.265 e. The van der Waals surface area contributed by atoms with E-state index in [-0.39, 0.29) is 23.8 Å². The number of benzene rings is 1. The molecule has 1 heterocycles. The van der Waals surface area contributed by atoms with Gasteiger partial charge in [0.25, 0.3) is 5.91 Å². The van der Waals surface area contributed by atoms with Crippen molar-refractivity contribution < 1.29 is 9.18 Å². The summed E-state index contributed by atoms with van der Waals surface area (Å²) in [6.45, 7) is 1.90. The number of rotatable bonds is 4. The Balaban J connectivity index is 1.94. The largest absolute Gasteiger partial charge is 0.328 e. The maximum atomic E-state index is 14.0. The molecule has 0 spiro atoms. The third kappa shape index (κ3) is 2.90. The molecule has 0 N–H and O–H groups in total. The van der Waals surface area contributed by atoms with E-state index in [0.717, 1.165) is 17.3 Å². The van der Waals surface area contributed by atoms with Gasteiger partial charge < -0.3 is 4.90 Å². The Labute approximate surface area is 135 Å². The first-order valence-corrected chi connectivity index (χ1v) is 8.57. The summed E-state index contributed by atoms with van der Waals surface area (Å²) in [5.41, 5.74) is 0.574. The quantitative estimate of drug-likeness (QED) is 0.743.